The first-order valence-corrected chi connectivity index (χ1v) is 6.19. The Morgan fingerprint density at radius 3 is 2.31 bits per heavy atom. The number of nitrogens with zero attached hydrogens (tertiary/aromatic N) is 2. The minimum absolute atomic E-state index is 0.0439. The fraction of sp³-hybridized carbons (Fsp3) is 0.444. The number of hydrogen-bond donors (Lipinski definition) is 2. The molecule has 0 aliphatic rings. The fourth-order valence-electron chi connectivity index (χ4n) is 1.22. The van der Waals surface area contributed by atoms with Crippen LogP contribution in [-0.4, -0.2) is 54.2 Å². The van der Waals surface area contributed by atoms with E-state index < -0.39 is 10.0 Å². The summed E-state index contributed by atoms with van der Waals surface area (Å²) in [5, 5.41) is 17.5. The number of rotatable bonds is 6. The van der Waals surface area contributed by atoms with Crippen molar-refractivity contribution in [2.45, 2.75) is 4.90 Å². The quantitative estimate of drug-likeness (QED) is 0.676. The van der Waals surface area contributed by atoms with E-state index in [2.05, 4.69) is 4.98 Å². The second kappa shape index (κ2) is 5.90. The Bertz CT molecular complexity index is 401. The van der Waals surface area contributed by atoms with Gasteiger partial charge in [-0.15, -0.1) is 0 Å². The van der Waals surface area contributed by atoms with Crippen LogP contribution in [0.1, 0.15) is 0 Å². The summed E-state index contributed by atoms with van der Waals surface area (Å²) < 4.78 is 25.0. The van der Waals surface area contributed by atoms with Gasteiger partial charge in [0.2, 0.25) is 10.0 Å². The molecule has 6 nitrogen and oxygen atoms in total. The summed E-state index contributed by atoms with van der Waals surface area (Å²) in [6, 6.07) is 2.94. The number of aliphatic hydroxyl groups is 2. The predicted octanol–water partition coefficient (Wildman–Crippen LogP) is -0.943. The van der Waals surface area contributed by atoms with Gasteiger partial charge in [0.05, 0.1) is 13.2 Å². The second-order valence-corrected chi connectivity index (χ2v) is 4.98. The van der Waals surface area contributed by atoms with Crippen molar-refractivity contribution in [3.8, 4) is 0 Å². The lowest BCUT2D eigenvalue weighted by Crippen LogP contribution is -2.35. The highest BCUT2D eigenvalue weighted by molar-refractivity contribution is 7.89. The highest BCUT2D eigenvalue weighted by atomic mass is 32.2. The average Bonchev–Trinajstić information content (AvgIpc) is 2.30. The topological polar surface area (TPSA) is 90.7 Å². The summed E-state index contributed by atoms with van der Waals surface area (Å²) in [6.45, 7) is -0.672. The van der Waals surface area contributed by atoms with Crippen LogP contribution in [0.25, 0.3) is 0 Å². The molecule has 0 atom stereocenters. The molecule has 0 bridgehead atoms. The molecule has 16 heavy (non-hydrogen) atoms. The zero-order valence-electron chi connectivity index (χ0n) is 8.65. The molecule has 7 heteroatoms. The molecule has 1 aromatic heterocycles. The van der Waals surface area contributed by atoms with Crippen LogP contribution in [0.3, 0.4) is 0 Å². The predicted molar refractivity (Wildman–Crippen MR) is 57.2 cm³/mol. The molecule has 0 spiro atoms. The molecule has 0 unspecified atom stereocenters. The third-order valence-electron chi connectivity index (χ3n) is 1.97. The number of aliphatic hydroxyl groups excluding tert-OH is 2. The summed E-state index contributed by atoms with van der Waals surface area (Å²) in [4.78, 5) is 3.78. The third kappa shape index (κ3) is 2.99. The molecule has 1 heterocycles. The maximum absolute atomic E-state index is 12.0. The Morgan fingerprint density at radius 2 is 1.88 bits per heavy atom. The first kappa shape index (κ1) is 13.0. The van der Waals surface area contributed by atoms with Crippen LogP contribution in [0, 0.1) is 0 Å². The Hall–Kier alpha value is -1.02. The third-order valence-corrected chi connectivity index (χ3v) is 3.85. The summed E-state index contributed by atoms with van der Waals surface area (Å²) in [5.41, 5.74) is 0. The van der Waals surface area contributed by atoms with Crippen molar-refractivity contribution < 1.29 is 18.6 Å². The molecule has 2 N–H and O–H groups in total. The van der Waals surface area contributed by atoms with Gasteiger partial charge in [-0.1, -0.05) is 0 Å². The van der Waals surface area contributed by atoms with Crippen molar-refractivity contribution in [2.75, 3.05) is 26.3 Å². The van der Waals surface area contributed by atoms with E-state index >= 15 is 0 Å². The summed E-state index contributed by atoms with van der Waals surface area (Å²) >= 11 is 0. The minimum atomic E-state index is -3.67. The van der Waals surface area contributed by atoms with E-state index in [1.54, 1.807) is 0 Å². The Balaban J connectivity index is 2.98. The van der Waals surface area contributed by atoms with Crippen molar-refractivity contribution in [3.63, 3.8) is 0 Å². The van der Waals surface area contributed by atoms with Crippen molar-refractivity contribution in [1.29, 1.82) is 0 Å². The monoisotopic (exact) mass is 246 g/mol. The van der Waals surface area contributed by atoms with E-state index in [0.717, 1.165) is 4.31 Å². The summed E-state index contributed by atoms with van der Waals surface area (Å²) in [7, 11) is -3.67. The maximum atomic E-state index is 12.0. The van der Waals surface area contributed by atoms with Crippen molar-refractivity contribution in [3.05, 3.63) is 24.5 Å². The average molecular weight is 246 g/mol. The first-order chi connectivity index (χ1) is 7.62. The summed E-state index contributed by atoms with van der Waals surface area (Å²) in [5.74, 6) is 0. The Morgan fingerprint density at radius 1 is 1.25 bits per heavy atom. The zero-order chi connectivity index (χ0) is 12.0. The van der Waals surface area contributed by atoms with Crippen LogP contribution in [-0.2, 0) is 10.0 Å². The number of sulfonamides is 1. The molecule has 90 valence electrons. The first-order valence-electron chi connectivity index (χ1n) is 4.75. The van der Waals surface area contributed by atoms with Crippen LogP contribution < -0.4 is 0 Å². The van der Waals surface area contributed by atoms with Gasteiger partial charge in [-0.05, 0) is 12.1 Å². The van der Waals surface area contributed by atoms with Gasteiger partial charge in [-0.3, -0.25) is 4.98 Å². The van der Waals surface area contributed by atoms with Crippen LogP contribution in [0.4, 0.5) is 0 Å². The lowest BCUT2D eigenvalue weighted by atomic mass is 10.5. The molecular weight excluding hydrogens is 232 g/mol. The van der Waals surface area contributed by atoms with Crippen molar-refractivity contribution in [2.24, 2.45) is 0 Å². The minimum Gasteiger partial charge on any atom is -0.395 e. The highest BCUT2D eigenvalue weighted by Crippen LogP contribution is 2.13. The van der Waals surface area contributed by atoms with Crippen LogP contribution in [0.15, 0.2) is 29.4 Å². The molecule has 0 saturated heterocycles. The second-order valence-electron chi connectivity index (χ2n) is 3.04. The number of hydrogen-bond acceptors (Lipinski definition) is 5. The van der Waals surface area contributed by atoms with Gasteiger partial charge in [-0.25, -0.2) is 8.42 Å². The largest absolute Gasteiger partial charge is 0.395 e. The summed E-state index contributed by atoms with van der Waals surface area (Å²) in [6.07, 6.45) is 2.71. The lowest BCUT2D eigenvalue weighted by Gasteiger charge is -2.19. The molecule has 0 aliphatic heterocycles. The van der Waals surface area contributed by atoms with Crippen LogP contribution >= 0.6 is 0 Å². The highest BCUT2D eigenvalue weighted by Gasteiger charge is 2.23. The molecule has 0 amide bonds. The van der Waals surface area contributed by atoms with E-state index in [0.29, 0.717) is 0 Å². The number of pyridine rings is 1. The Kier molecular flexibility index (Phi) is 4.81. The van der Waals surface area contributed by atoms with E-state index in [1.807, 2.05) is 0 Å². The molecule has 1 rings (SSSR count). The van der Waals surface area contributed by atoms with E-state index in [4.69, 9.17) is 10.2 Å². The molecule has 0 radical (unpaired) electrons. The molecule has 0 aromatic carbocycles. The smallest absolute Gasteiger partial charge is 0.244 e. The SMILES string of the molecule is O=S(=O)(c1cccnc1)N(CCO)CCO. The standard InChI is InChI=1S/C9H14N2O4S/c12-6-4-11(5-7-13)16(14,15)9-2-1-3-10-8-9/h1-3,8,12-13H,4-7H2. The fourth-order valence-corrected chi connectivity index (χ4v) is 2.61. The van der Waals surface area contributed by atoms with Gasteiger partial charge in [-0.2, -0.15) is 4.31 Å². The van der Waals surface area contributed by atoms with Gasteiger partial charge in [0.1, 0.15) is 4.90 Å². The van der Waals surface area contributed by atoms with Crippen molar-refractivity contribution in [1.82, 2.24) is 9.29 Å². The number of aromatic nitrogens is 1. The van der Waals surface area contributed by atoms with Gasteiger partial charge in [0.25, 0.3) is 0 Å². The molecule has 1 aromatic rings. The van der Waals surface area contributed by atoms with E-state index in [9.17, 15) is 8.42 Å². The van der Waals surface area contributed by atoms with E-state index in [1.165, 1.54) is 24.5 Å². The van der Waals surface area contributed by atoms with Gasteiger partial charge >= 0.3 is 0 Å². The van der Waals surface area contributed by atoms with Crippen LogP contribution in [0.5, 0.6) is 0 Å². The molecular formula is C9H14N2O4S. The maximum Gasteiger partial charge on any atom is 0.244 e. The van der Waals surface area contributed by atoms with E-state index in [-0.39, 0.29) is 31.2 Å². The molecule has 0 fully saturated rings. The lowest BCUT2D eigenvalue weighted by molar-refractivity contribution is 0.217. The normalized spacial score (nSPS) is 11.9. The van der Waals surface area contributed by atoms with Gasteiger partial charge in [0.15, 0.2) is 0 Å². The van der Waals surface area contributed by atoms with Gasteiger partial charge < -0.3 is 10.2 Å². The Labute approximate surface area is 94.2 Å². The zero-order valence-corrected chi connectivity index (χ0v) is 9.47. The van der Waals surface area contributed by atoms with Gasteiger partial charge in [0, 0.05) is 25.5 Å². The molecule has 0 saturated carbocycles. The van der Waals surface area contributed by atoms with Crippen LogP contribution in [0.2, 0.25) is 0 Å². The molecule has 0 aliphatic carbocycles. The van der Waals surface area contributed by atoms with Crippen molar-refractivity contribution >= 4 is 10.0 Å².